The molecule has 2 N–H and O–H groups in total. The lowest BCUT2D eigenvalue weighted by atomic mass is 10.2. The van der Waals surface area contributed by atoms with Gasteiger partial charge >= 0.3 is 0 Å². The van der Waals surface area contributed by atoms with Crippen molar-refractivity contribution in [1.82, 2.24) is 8.61 Å². The van der Waals surface area contributed by atoms with Crippen molar-refractivity contribution >= 4 is 15.9 Å². The average Bonchev–Trinajstić information content (AvgIpc) is 2.25. The molecule has 18 heavy (non-hydrogen) atoms. The van der Waals surface area contributed by atoms with Gasteiger partial charge < -0.3 is 5.73 Å². The van der Waals surface area contributed by atoms with Crippen LogP contribution in [0.4, 0.5) is 5.69 Å². The molecule has 0 fully saturated rings. The molecule has 0 radical (unpaired) electrons. The van der Waals surface area contributed by atoms with E-state index in [0.717, 1.165) is 5.56 Å². The minimum atomic E-state index is -3.42. The van der Waals surface area contributed by atoms with Crippen molar-refractivity contribution in [3.63, 3.8) is 0 Å². The molecule has 5 nitrogen and oxygen atoms in total. The van der Waals surface area contributed by atoms with E-state index in [2.05, 4.69) is 0 Å². The Balaban J connectivity index is 3.02. The fourth-order valence-electron chi connectivity index (χ4n) is 1.61. The third kappa shape index (κ3) is 3.44. The minimum Gasteiger partial charge on any atom is -0.399 e. The first kappa shape index (κ1) is 14.9. The zero-order valence-corrected chi connectivity index (χ0v) is 12.1. The van der Waals surface area contributed by atoms with Crippen molar-refractivity contribution in [2.45, 2.75) is 26.4 Å². The van der Waals surface area contributed by atoms with Gasteiger partial charge in [0.25, 0.3) is 10.2 Å². The van der Waals surface area contributed by atoms with E-state index in [1.807, 2.05) is 26.0 Å². The maximum Gasteiger partial charge on any atom is 0.282 e. The van der Waals surface area contributed by atoms with Gasteiger partial charge in [0.1, 0.15) is 0 Å². The molecule has 0 amide bonds. The highest BCUT2D eigenvalue weighted by molar-refractivity contribution is 7.86. The largest absolute Gasteiger partial charge is 0.399 e. The van der Waals surface area contributed by atoms with Crippen LogP contribution in [0.5, 0.6) is 0 Å². The molecule has 6 heteroatoms. The van der Waals surface area contributed by atoms with Crippen LogP contribution in [0, 0.1) is 0 Å². The summed E-state index contributed by atoms with van der Waals surface area (Å²) < 4.78 is 27.0. The van der Waals surface area contributed by atoms with E-state index in [9.17, 15) is 8.42 Å². The fourth-order valence-corrected chi connectivity index (χ4v) is 2.88. The SMILES string of the molecule is CC(C)N(Cc1cccc(N)c1)S(=O)(=O)N(C)C. The normalized spacial score (nSPS) is 12.6. The summed E-state index contributed by atoms with van der Waals surface area (Å²) in [7, 11) is -0.360. The molecule has 1 aromatic carbocycles. The van der Waals surface area contributed by atoms with Crippen LogP contribution in [0.3, 0.4) is 0 Å². The Hall–Kier alpha value is -1.11. The molecule has 0 saturated heterocycles. The smallest absolute Gasteiger partial charge is 0.282 e. The Morgan fingerprint density at radius 2 is 1.89 bits per heavy atom. The Morgan fingerprint density at radius 3 is 2.33 bits per heavy atom. The van der Waals surface area contributed by atoms with Crippen molar-refractivity contribution in [2.75, 3.05) is 19.8 Å². The monoisotopic (exact) mass is 271 g/mol. The number of hydrogen-bond acceptors (Lipinski definition) is 3. The predicted molar refractivity (Wildman–Crippen MR) is 74.1 cm³/mol. The van der Waals surface area contributed by atoms with Gasteiger partial charge in [0.05, 0.1) is 0 Å². The maximum absolute atomic E-state index is 12.2. The van der Waals surface area contributed by atoms with Crippen molar-refractivity contribution in [3.05, 3.63) is 29.8 Å². The van der Waals surface area contributed by atoms with Crippen LogP contribution >= 0.6 is 0 Å². The number of rotatable bonds is 5. The lowest BCUT2D eigenvalue weighted by molar-refractivity contribution is 0.322. The van der Waals surface area contributed by atoms with E-state index < -0.39 is 10.2 Å². The van der Waals surface area contributed by atoms with Crippen LogP contribution in [-0.4, -0.2) is 37.2 Å². The highest BCUT2D eigenvalue weighted by Gasteiger charge is 2.27. The standard InChI is InChI=1S/C12H21N3O2S/c1-10(2)15(18(16,17)14(3)4)9-11-6-5-7-12(13)8-11/h5-8,10H,9,13H2,1-4H3. The first-order chi connectivity index (χ1) is 8.25. The van der Waals surface area contributed by atoms with E-state index in [1.165, 1.54) is 22.7 Å². The van der Waals surface area contributed by atoms with Crippen molar-refractivity contribution in [1.29, 1.82) is 0 Å². The van der Waals surface area contributed by atoms with Gasteiger partial charge in [-0.1, -0.05) is 12.1 Å². The Morgan fingerprint density at radius 1 is 1.28 bits per heavy atom. The Labute approximate surface area is 109 Å². The maximum atomic E-state index is 12.2. The Bertz CT molecular complexity index is 498. The first-order valence-electron chi connectivity index (χ1n) is 5.79. The molecule has 0 heterocycles. The lowest BCUT2D eigenvalue weighted by Gasteiger charge is -2.28. The molecule has 0 bridgehead atoms. The molecule has 1 rings (SSSR count). The van der Waals surface area contributed by atoms with Gasteiger partial charge in [-0.25, -0.2) is 0 Å². The molecule has 0 aromatic heterocycles. The summed E-state index contributed by atoms with van der Waals surface area (Å²) in [6.45, 7) is 4.03. The third-order valence-electron chi connectivity index (χ3n) is 2.62. The van der Waals surface area contributed by atoms with Crippen LogP contribution < -0.4 is 5.73 Å². The highest BCUT2D eigenvalue weighted by atomic mass is 32.2. The zero-order chi connectivity index (χ0) is 13.9. The van der Waals surface area contributed by atoms with Crippen molar-refractivity contribution in [2.24, 2.45) is 0 Å². The molecular formula is C12H21N3O2S. The predicted octanol–water partition coefficient (Wildman–Crippen LogP) is 1.29. The second-order valence-corrected chi connectivity index (χ2v) is 6.77. The van der Waals surface area contributed by atoms with Gasteiger partial charge in [-0.15, -0.1) is 0 Å². The van der Waals surface area contributed by atoms with E-state index in [-0.39, 0.29) is 6.04 Å². The molecular weight excluding hydrogens is 250 g/mol. The number of anilines is 1. The topological polar surface area (TPSA) is 66.6 Å². The summed E-state index contributed by atoms with van der Waals surface area (Å²) in [5.41, 5.74) is 7.22. The number of nitrogen functional groups attached to an aromatic ring is 1. The van der Waals surface area contributed by atoms with Gasteiger partial charge in [-0.2, -0.15) is 17.0 Å². The summed E-state index contributed by atoms with van der Waals surface area (Å²) >= 11 is 0. The summed E-state index contributed by atoms with van der Waals surface area (Å²) in [6.07, 6.45) is 0. The Kier molecular flexibility index (Phi) is 4.72. The fraction of sp³-hybridized carbons (Fsp3) is 0.500. The van der Waals surface area contributed by atoms with Crippen LogP contribution in [0.2, 0.25) is 0 Å². The quantitative estimate of drug-likeness (QED) is 0.821. The molecule has 0 spiro atoms. The van der Waals surface area contributed by atoms with E-state index >= 15 is 0 Å². The summed E-state index contributed by atoms with van der Waals surface area (Å²) in [5.74, 6) is 0. The van der Waals surface area contributed by atoms with E-state index in [4.69, 9.17) is 5.73 Å². The molecule has 1 aromatic rings. The second kappa shape index (κ2) is 5.69. The molecule has 0 aliphatic heterocycles. The molecule has 0 atom stereocenters. The number of benzene rings is 1. The molecule has 0 aliphatic rings. The average molecular weight is 271 g/mol. The minimum absolute atomic E-state index is 0.112. The third-order valence-corrected chi connectivity index (χ3v) is 4.69. The molecule has 0 unspecified atom stereocenters. The molecule has 0 saturated carbocycles. The van der Waals surface area contributed by atoms with E-state index in [0.29, 0.717) is 12.2 Å². The van der Waals surface area contributed by atoms with Crippen LogP contribution in [-0.2, 0) is 16.8 Å². The van der Waals surface area contributed by atoms with Crippen LogP contribution in [0.15, 0.2) is 24.3 Å². The molecule has 0 aliphatic carbocycles. The van der Waals surface area contributed by atoms with Gasteiger partial charge in [0.15, 0.2) is 0 Å². The van der Waals surface area contributed by atoms with Crippen LogP contribution in [0.25, 0.3) is 0 Å². The summed E-state index contributed by atoms with van der Waals surface area (Å²) in [6, 6.07) is 7.16. The van der Waals surface area contributed by atoms with Crippen molar-refractivity contribution in [3.8, 4) is 0 Å². The van der Waals surface area contributed by atoms with E-state index in [1.54, 1.807) is 12.1 Å². The lowest BCUT2D eigenvalue weighted by Crippen LogP contribution is -2.43. The summed E-state index contributed by atoms with van der Waals surface area (Å²) in [4.78, 5) is 0. The molecule has 102 valence electrons. The highest BCUT2D eigenvalue weighted by Crippen LogP contribution is 2.16. The number of nitrogens with zero attached hydrogens (tertiary/aromatic N) is 2. The number of hydrogen-bond donors (Lipinski definition) is 1. The van der Waals surface area contributed by atoms with Gasteiger partial charge in [-0.3, -0.25) is 0 Å². The first-order valence-corrected chi connectivity index (χ1v) is 7.18. The van der Waals surface area contributed by atoms with Gasteiger partial charge in [-0.05, 0) is 31.5 Å². The van der Waals surface area contributed by atoms with Gasteiger partial charge in [0, 0.05) is 32.4 Å². The summed E-state index contributed by atoms with van der Waals surface area (Å²) in [5, 5.41) is 0. The van der Waals surface area contributed by atoms with Crippen LogP contribution in [0.1, 0.15) is 19.4 Å². The van der Waals surface area contributed by atoms with Gasteiger partial charge in [0.2, 0.25) is 0 Å². The zero-order valence-electron chi connectivity index (χ0n) is 11.3. The number of nitrogens with two attached hydrogens (primary N) is 1. The van der Waals surface area contributed by atoms with Crippen molar-refractivity contribution < 1.29 is 8.42 Å². The second-order valence-electron chi connectivity index (χ2n) is 4.67.